The predicted molar refractivity (Wildman–Crippen MR) is 83.6 cm³/mol. The summed E-state index contributed by atoms with van der Waals surface area (Å²) in [6, 6.07) is 13.3. The van der Waals surface area contributed by atoms with Crippen molar-refractivity contribution in [3.63, 3.8) is 0 Å². The van der Waals surface area contributed by atoms with E-state index in [2.05, 4.69) is 4.74 Å². The van der Waals surface area contributed by atoms with Crippen molar-refractivity contribution in [2.24, 2.45) is 0 Å². The third-order valence-electron chi connectivity index (χ3n) is 4.62. The number of fused-ring (bicyclic) bond motifs is 2. The summed E-state index contributed by atoms with van der Waals surface area (Å²) < 4.78 is 6.54. The summed E-state index contributed by atoms with van der Waals surface area (Å²) in [6.07, 6.45) is 1.31. The van der Waals surface area contributed by atoms with Gasteiger partial charge in [0.05, 0.1) is 12.8 Å². The Kier molecular flexibility index (Phi) is 2.75. The Morgan fingerprint density at radius 1 is 1.13 bits per heavy atom. The van der Waals surface area contributed by atoms with Crippen LogP contribution in [0.4, 0.5) is 0 Å². The van der Waals surface area contributed by atoms with Gasteiger partial charge in [-0.3, -0.25) is 4.79 Å². The molecule has 1 spiro atoms. The van der Waals surface area contributed by atoms with Crippen LogP contribution in [-0.4, -0.2) is 28.5 Å². The van der Waals surface area contributed by atoms with E-state index in [1.54, 1.807) is 6.07 Å². The van der Waals surface area contributed by atoms with Crippen LogP contribution >= 0.6 is 0 Å². The molecule has 23 heavy (non-hydrogen) atoms. The normalized spacial score (nSPS) is 18.0. The molecule has 4 rings (SSSR count). The van der Waals surface area contributed by atoms with Crippen molar-refractivity contribution in [2.75, 3.05) is 7.11 Å². The molecule has 5 nitrogen and oxygen atoms in total. The van der Waals surface area contributed by atoms with Crippen LogP contribution in [-0.2, 0) is 19.9 Å². The molecule has 5 heteroatoms. The number of ether oxygens (including phenoxy) is 1. The van der Waals surface area contributed by atoms with E-state index in [9.17, 15) is 14.7 Å². The van der Waals surface area contributed by atoms with E-state index < -0.39 is 11.5 Å². The van der Waals surface area contributed by atoms with Gasteiger partial charge in [-0.15, -0.1) is 0 Å². The lowest BCUT2D eigenvalue weighted by Crippen LogP contribution is -2.37. The molecule has 116 valence electrons. The number of rotatable bonds is 2. The summed E-state index contributed by atoms with van der Waals surface area (Å²) in [5.74, 6) is -1.45. The SMILES string of the molecule is COC(=O)C1=C(O)c2ccc(-c3ccccc3)n2C2(CC2)C1=O. The third kappa shape index (κ3) is 1.73. The molecule has 1 aliphatic heterocycles. The van der Waals surface area contributed by atoms with Crippen LogP contribution in [0, 0.1) is 0 Å². The number of carbonyl (C=O) groups excluding carboxylic acids is 2. The first kappa shape index (κ1) is 13.8. The first-order chi connectivity index (χ1) is 11.1. The highest BCUT2D eigenvalue weighted by atomic mass is 16.5. The number of benzene rings is 1. The highest BCUT2D eigenvalue weighted by Crippen LogP contribution is 2.53. The number of Topliss-reactive ketones (excluding diaryl/α,β-unsaturated/α-hetero) is 1. The smallest absolute Gasteiger partial charge is 0.345 e. The lowest BCUT2D eigenvalue weighted by atomic mass is 9.95. The van der Waals surface area contributed by atoms with Gasteiger partial charge in [0.1, 0.15) is 11.1 Å². The summed E-state index contributed by atoms with van der Waals surface area (Å²) in [5.41, 5.74) is 1.31. The van der Waals surface area contributed by atoms with Crippen molar-refractivity contribution >= 4 is 17.5 Å². The minimum atomic E-state index is -0.785. The Labute approximate surface area is 132 Å². The number of esters is 1. The number of ketones is 1. The van der Waals surface area contributed by atoms with Crippen LogP contribution in [0.1, 0.15) is 18.5 Å². The number of nitrogens with zero attached hydrogens (tertiary/aromatic N) is 1. The molecule has 2 heterocycles. The van der Waals surface area contributed by atoms with E-state index in [1.165, 1.54) is 7.11 Å². The first-order valence-corrected chi connectivity index (χ1v) is 7.44. The molecule has 2 aromatic rings. The topological polar surface area (TPSA) is 68.5 Å². The zero-order valence-corrected chi connectivity index (χ0v) is 12.6. The van der Waals surface area contributed by atoms with Crippen LogP contribution in [0.5, 0.6) is 0 Å². The first-order valence-electron chi connectivity index (χ1n) is 7.44. The maximum absolute atomic E-state index is 12.8. The third-order valence-corrected chi connectivity index (χ3v) is 4.62. The fourth-order valence-electron chi connectivity index (χ4n) is 3.35. The molecule has 0 saturated heterocycles. The van der Waals surface area contributed by atoms with Crippen LogP contribution in [0.2, 0.25) is 0 Å². The Hall–Kier alpha value is -2.82. The number of hydrogen-bond donors (Lipinski definition) is 1. The Balaban J connectivity index is 1.98. The fourth-order valence-corrected chi connectivity index (χ4v) is 3.35. The molecule has 0 radical (unpaired) electrons. The van der Waals surface area contributed by atoms with Gasteiger partial charge in [-0.25, -0.2) is 4.79 Å². The highest BCUT2D eigenvalue weighted by Gasteiger charge is 2.58. The molecule has 1 N–H and O–H groups in total. The van der Waals surface area contributed by atoms with Gasteiger partial charge in [0.15, 0.2) is 11.5 Å². The van der Waals surface area contributed by atoms with Gasteiger partial charge >= 0.3 is 5.97 Å². The van der Waals surface area contributed by atoms with Crippen molar-refractivity contribution in [3.8, 4) is 11.3 Å². The van der Waals surface area contributed by atoms with Crippen molar-refractivity contribution < 1.29 is 19.4 Å². The second kappa shape index (κ2) is 4.59. The van der Waals surface area contributed by atoms with E-state index in [-0.39, 0.29) is 17.1 Å². The minimum Gasteiger partial charge on any atom is -0.505 e. The van der Waals surface area contributed by atoms with Crippen molar-refractivity contribution in [1.29, 1.82) is 0 Å². The van der Waals surface area contributed by atoms with E-state index in [0.29, 0.717) is 18.5 Å². The average molecular weight is 309 g/mol. The highest BCUT2D eigenvalue weighted by molar-refractivity contribution is 6.26. The van der Waals surface area contributed by atoms with Crippen LogP contribution in [0.25, 0.3) is 17.0 Å². The predicted octanol–water partition coefficient (Wildman–Crippen LogP) is 2.67. The zero-order chi connectivity index (χ0) is 16.2. The molecular formula is C18H15NO4. The standard InChI is InChI=1S/C18H15NO4/c1-23-17(22)14-15(20)13-8-7-12(11-5-3-2-4-6-11)19(13)18(9-10-18)16(14)21/h2-8,20H,9-10H2,1H3. The second-order valence-corrected chi connectivity index (χ2v) is 5.88. The summed E-state index contributed by atoms with van der Waals surface area (Å²) in [6.45, 7) is 0. The van der Waals surface area contributed by atoms with Gasteiger partial charge < -0.3 is 14.4 Å². The van der Waals surface area contributed by atoms with E-state index in [0.717, 1.165) is 11.3 Å². The molecule has 1 fully saturated rings. The Morgan fingerprint density at radius 2 is 1.78 bits per heavy atom. The van der Waals surface area contributed by atoms with Gasteiger partial charge in [-0.1, -0.05) is 30.3 Å². The largest absolute Gasteiger partial charge is 0.505 e. The zero-order valence-electron chi connectivity index (χ0n) is 12.6. The quantitative estimate of drug-likeness (QED) is 0.684. The fraction of sp³-hybridized carbons (Fsp3) is 0.222. The number of carbonyl (C=O) groups is 2. The molecule has 2 aliphatic rings. The summed E-state index contributed by atoms with van der Waals surface area (Å²) >= 11 is 0. The minimum absolute atomic E-state index is 0.241. The number of aliphatic hydroxyl groups is 1. The van der Waals surface area contributed by atoms with E-state index in [1.807, 2.05) is 41.0 Å². The van der Waals surface area contributed by atoms with Gasteiger partial charge in [0.2, 0.25) is 0 Å². The Bertz CT molecular complexity index is 856. The maximum atomic E-state index is 12.8. The second-order valence-electron chi connectivity index (χ2n) is 5.88. The number of aromatic nitrogens is 1. The van der Waals surface area contributed by atoms with Gasteiger partial charge in [0, 0.05) is 5.69 Å². The summed E-state index contributed by atoms with van der Waals surface area (Å²) in [5, 5.41) is 10.5. The monoisotopic (exact) mass is 309 g/mol. The van der Waals surface area contributed by atoms with E-state index in [4.69, 9.17) is 0 Å². The van der Waals surface area contributed by atoms with Crippen LogP contribution in [0.3, 0.4) is 0 Å². The maximum Gasteiger partial charge on any atom is 0.345 e. The van der Waals surface area contributed by atoms with Crippen LogP contribution < -0.4 is 0 Å². The Morgan fingerprint density at radius 3 is 2.39 bits per heavy atom. The molecule has 1 aliphatic carbocycles. The molecular weight excluding hydrogens is 294 g/mol. The van der Waals surface area contributed by atoms with Crippen molar-refractivity contribution in [1.82, 2.24) is 4.57 Å². The molecule has 1 aromatic carbocycles. The number of aliphatic hydroxyl groups excluding tert-OH is 1. The lowest BCUT2D eigenvalue weighted by Gasteiger charge is -2.28. The molecule has 1 aromatic heterocycles. The molecule has 1 saturated carbocycles. The lowest BCUT2D eigenvalue weighted by molar-refractivity contribution is -0.138. The summed E-state index contributed by atoms with van der Waals surface area (Å²) in [7, 11) is 1.21. The van der Waals surface area contributed by atoms with E-state index >= 15 is 0 Å². The van der Waals surface area contributed by atoms with Crippen molar-refractivity contribution in [3.05, 3.63) is 53.7 Å². The van der Waals surface area contributed by atoms with Gasteiger partial charge in [-0.2, -0.15) is 0 Å². The molecule has 0 amide bonds. The number of hydrogen-bond acceptors (Lipinski definition) is 4. The molecule has 0 atom stereocenters. The van der Waals surface area contributed by atoms with Gasteiger partial charge in [-0.05, 0) is 30.5 Å². The average Bonchev–Trinajstić information content (AvgIpc) is 3.25. The number of methoxy groups -OCH3 is 1. The summed E-state index contributed by atoms with van der Waals surface area (Å²) in [4.78, 5) is 24.7. The van der Waals surface area contributed by atoms with Gasteiger partial charge in [0.25, 0.3) is 0 Å². The molecule has 0 unspecified atom stereocenters. The molecule has 0 bridgehead atoms. The van der Waals surface area contributed by atoms with Crippen molar-refractivity contribution in [2.45, 2.75) is 18.4 Å². The van der Waals surface area contributed by atoms with Crippen LogP contribution in [0.15, 0.2) is 48.0 Å².